The second kappa shape index (κ2) is 6.30. The zero-order valence-corrected chi connectivity index (χ0v) is 14.2. The Morgan fingerprint density at radius 1 is 1.26 bits per heavy atom. The summed E-state index contributed by atoms with van der Waals surface area (Å²) in [7, 11) is 0. The molecule has 2 amide bonds. The van der Waals surface area contributed by atoms with Crippen LogP contribution in [0.1, 0.15) is 40.0 Å². The third-order valence-electron chi connectivity index (χ3n) is 4.28. The second-order valence-electron chi connectivity index (χ2n) is 7.54. The van der Waals surface area contributed by atoms with Crippen molar-refractivity contribution in [3.8, 4) is 11.5 Å². The predicted molar refractivity (Wildman–Crippen MR) is 90.3 cm³/mol. The first-order valence-corrected chi connectivity index (χ1v) is 8.40. The van der Waals surface area contributed by atoms with E-state index in [1.807, 2.05) is 23.1 Å². The monoisotopic (exact) mass is 318 g/mol. The van der Waals surface area contributed by atoms with Crippen molar-refractivity contribution in [2.45, 2.75) is 46.1 Å². The third-order valence-corrected chi connectivity index (χ3v) is 4.28. The Hall–Kier alpha value is -1.91. The minimum atomic E-state index is -0.0200. The lowest BCUT2D eigenvalue weighted by Crippen LogP contribution is -2.40. The Balaban J connectivity index is 1.66. The van der Waals surface area contributed by atoms with E-state index in [1.54, 1.807) is 0 Å². The topological polar surface area (TPSA) is 50.8 Å². The molecule has 2 heterocycles. The average molecular weight is 318 g/mol. The number of fused-ring (bicyclic) bond motifs is 1. The van der Waals surface area contributed by atoms with Crippen LogP contribution in [0.2, 0.25) is 0 Å². The minimum Gasteiger partial charge on any atom is -0.486 e. The van der Waals surface area contributed by atoms with Gasteiger partial charge in [0.15, 0.2) is 11.5 Å². The van der Waals surface area contributed by atoms with Gasteiger partial charge >= 0.3 is 6.03 Å². The van der Waals surface area contributed by atoms with Crippen molar-refractivity contribution in [2.24, 2.45) is 5.41 Å². The van der Waals surface area contributed by atoms with Crippen LogP contribution in [-0.4, -0.2) is 36.7 Å². The van der Waals surface area contributed by atoms with Crippen LogP contribution in [0.5, 0.6) is 11.5 Å². The van der Waals surface area contributed by atoms with E-state index in [2.05, 4.69) is 26.1 Å². The predicted octanol–water partition coefficient (Wildman–Crippen LogP) is 3.89. The van der Waals surface area contributed by atoms with Crippen molar-refractivity contribution < 1.29 is 14.3 Å². The molecular formula is C18H26N2O3. The highest BCUT2D eigenvalue weighted by Gasteiger charge is 2.31. The first-order valence-electron chi connectivity index (χ1n) is 8.40. The number of hydrogen-bond donors (Lipinski definition) is 1. The molecule has 3 rings (SSSR count). The van der Waals surface area contributed by atoms with Crippen LogP contribution in [0.3, 0.4) is 0 Å². The number of hydrogen-bond acceptors (Lipinski definition) is 3. The smallest absolute Gasteiger partial charge is 0.322 e. The maximum atomic E-state index is 12.6. The van der Waals surface area contributed by atoms with Crippen LogP contribution in [-0.2, 0) is 0 Å². The Kier molecular flexibility index (Phi) is 4.37. The van der Waals surface area contributed by atoms with Gasteiger partial charge in [0.1, 0.15) is 13.2 Å². The maximum Gasteiger partial charge on any atom is 0.322 e. The summed E-state index contributed by atoms with van der Waals surface area (Å²) in [5.41, 5.74) is 0.977. The van der Waals surface area contributed by atoms with Gasteiger partial charge in [-0.25, -0.2) is 4.79 Å². The average Bonchev–Trinajstić information content (AvgIpc) is 2.93. The van der Waals surface area contributed by atoms with Crippen LogP contribution < -0.4 is 14.8 Å². The van der Waals surface area contributed by atoms with E-state index in [1.165, 1.54) is 0 Å². The third kappa shape index (κ3) is 3.89. The highest BCUT2D eigenvalue weighted by molar-refractivity contribution is 5.90. The molecule has 5 heteroatoms. The fourth-order valence-electron chi connectivity index (χ4n) is 3.34. The molecule has 0 aromatic heterocycles. The summed E-state index contributed by atoms with van der Waals surface area (Å²) in [6.07, 6.45) is 3.20. The molecule has 1 saturated heterocycles. The van der Waals surface area contributed by atoms with Crippen LogP contribution in [0.25, 0.3) is 0 Å². The molecule has 1 atom stereocenters. The molecule has 0 spiro atoms. The van der Waals surface area contributed by atoms with E-state index >= 15 is 0 Å². The van der Waals surface area contributed by atoms with Crippen molar-refractivity contribution in [3.63, 3.8) is 0 Å². The van der Waals surface area contributed by atoms with E-state index < -0.39 is 0 Å². The Bertz CT molecular complexity index is 580. The summed E-state index contributed by atoms with van der Waals surface area (Å²) < 4.78 is 11.1. The molecule has 0 radical (unpaired) electrons. The van der Waals surface area contributed by atoms with Gasteiger partial charge < -0.3 is 19.7 Å². The van der Waals surface area contributed by atoms with Gasteiger partial charge in [-0.2, -0.15) is 0 Å². The van der Waals surface area contributed by atoms with E-state index in [0.717, 1.165) is 37.2 Å². The minimum absolute atomic E-state index is 0.0200. The number of nitrogens with one attached hydrogen (secondary N) is 1. The van der Waals surface area contributed by atoms with Crippen LogP contribution in [0, 0.1) is 5.41 Å². The Labute approximate surface area is 137 Å². The van der Waals surface area contributed by atoms with Gasteiger partial charge in [-0.05, 0) is 36.8 Å². The molecule has 0 aliphatic carbocycles. The number of amides is 2. The highest BCUT2D eigenvalue weighted by atomic mass is 16.6. The quantitative estimate of drug-likeness (QED) is 0.900. The molecular weight excluding hydrogens is 292 g/mol. The molecule has 0 saturated carbocycles. The first kappa shape index (κ1) is 16.0. The van der Waals surface area contributed by atoms with Crippen LogP contribution in [0.4, 0.5) is 10.5 Å². The number of carbonyl (C=O) groups excluding carboxylic acids is 1. The summed E-state index contributed by atoms with van der Waals surface area (Å²) in [5, 5.41) is 3.00. The van der Waals surface area contributed by atoms with Crippen molar-refractivity contribution in [2.75, 3.05) is 25.1 Å². The summed E-state index contributed by atoms with van der Waals surface area (Å²) in [6, 6.07) is 5.85. The molecule has 5 nitrogen and oxygen atoms in total. The van der Waals surface area contributed by atoms with Crippen molar-refractivity contribution in [3.05, 3.63) is 18.2 Å². The highest BCUT2D eigenvalue weighted by Crippen LogP contribution is 2.34. The largest absolute Gasteiger partial charge is 0.486 e. The van der Waals surface area contributed by atoms with Gasteiger partial charge in [0.2, 0.25) is 0 Å². The van der Waals surface area contributed by atoms with Crippen molar-refractivity contribution in [1.82, 2.24) is 4.90 Å². The Morgan fingerprint density at radius 2 is 2.00 bits per heavy atom. The van der Waals surface area contributed by atoms with Crippen LogP contribution in [0.15, 0.2) is 18.2 Å². The number of anilines is 1. The number of likely N-dealkylation sites (tertiary alicyclic amines) is 1. The number of benzene rings is 1. The first-order chi connectivity index (χ1) is 10.9. The van der Waals surface area contributed by atoms with Gasteiger partial charge in [-0.1, -0.05) is 20.8 Å². The van der Waals surface area contributed by atoms with E-state index in [-0.39, 0.29) is 11.4 Å². The maximum absolute atomic E-state index is 12.6. The lowest BCUT2D eigenvalue weighted by Gasteiger charge is -2.30. The number of nitrogens with zero attached hydrogens (tertiary/aromatic N) is 1. The standard InChI is InChI=1S/C18H26N2O3/c1-18(2,3)12-14-5-4-8-20(14)17(21)19-13-6-7-15-16(11-13)23-10-9-22-15/h6-7,11,14H,4-5,8-10,12H2,1-3H3,(H,19,21). The second-order valence-corrected chi connectivity index (χ2v) is 7.54. The molecule has 1 unspecified atom stereocenters. The summed E-state index contributed by atoms with van der Waals surface area (Å²) in [6.45, 7) is 8.62. The summed E-state index contributed by atoms with van der Waals surface area (Å²) in [5.74, 6) is 1.43. The fraction of sp³-hybridized carbons (Fsp3) is 0.611. The number of rotatable bonds is 2. The normalized spacial score (nSPS) is 20.5. The number of ether oxygens (including phenoxy) is 2. The van der Waals surface area contributed by atoms with Gasteiger partial charge in [-0.15, -0.1) is 0 Å². The molecule has 2 aliphatic rings. The zero-order valence-electron chi connectivity index (χ0n) is 14.2. The number of carbonyl (C=O) groups is 1. The van der Waals surface area contributed by atoms with Crippen molar-refractivity contribution >= 4 is 11.7 Å². The SMILES string of the molecule is CC(C)(C)CC1CCCN1C(=O)Nc1ccc2c(c1)OCCO2. The van der Waals surface area contributed by atoms with Gasteiger partial charge in [0, 0.05) is 24.3 Å². The van der Waals surface area contributed by atoms with Crippen LogP contribution >= 0.6 is 0 Å². The molecule has 1 N–H and O–H groups in total. The van der Waals surface area contributed by atoms with Gasteiger partial charge in [-0.3, -0.25) is 0 Å². The van der Waals surface area contributed by atoms with E-state index in [0.29, 0.717) is 25.0 Å². The number of urea groups is 1. The zero-order chi connectivity index (χ0) is 16.4. The van der Waals surface area contributed by atoms with Crippen molar-refractivity contribution in [1.29, 1.82) is 0 Å². The molecule has 1 aromatic carbocycles. The molecule has 2 aliphatic heterocycles. The summed E-state index contributed by atoms with van der Waals surface area (Å²) >= 11 is 0. The lowest BCUT2D eigenvalue weighted by molar-refractivity contribution is 0.171. The fourth-order valence-corrected chi connectivity index (χ4v) is 3.34. The van der Waals surface area contributed by atoms with Gasteiger partial charge in [0.05, 0.1) is 0 Å². The molecule has 0 bridgehead atoms. The summed E-state index contributed by atoms with van der Waals surface area (Å²) in [4.78, 5) is 14.6. The molecule has 23 heavy (non-hydrogen) atoms. The van der Waals surface area contributed by atoms with E-state index in [9.17, 15) is 4.79 Å². The Morgan fingerprint density at radius 3 is 2.74 bits per heavy atom. The van der Waals surface area contributed by atoms with Gasteiger partial charge in [0.25, 0.3) is 0 Å². The van der Waals surface area contributed by atoms with E-state index in [4.69, 9.17) is 9.47 Å². The molecule has 126 valence electrons. The molecule has 1 fully saturated rings. The molecule has 1 aromatic rings. The lowest BCUT2D eigenvalue weighted by atomic mass is 9.87.